The summed E-state index contributed by atoms with van der Waals surface area (Å²) in [5.74, 6) is -1.72. The number of carbonyl (C=O) groups is 4. The van der Waals surface area contributed by atoms with Crippen molar-refractivity contribution in [3.05, 3.63) is 64.7 Å². The Morgan fingerprint density at radius 2 is 1.66 bits per heavy atom. The number of nitrogens with one attached hydrogen (secondary N) is 2. The number of para-hydroxylation sites is 1. The van der Waals surface area contributed by atoms with Gasteiger partial charge in [0.25, 0.3) is 5.91 Å². The molecule has 38 heavy (non-hydrogen) atoms. The number of rotatable bonds is 9. The molecule has 3 rings (SSSR count). The normalized spacial score (nSPS) is 14.7. The number of amides is 4. The van der Waals surface area contributed by atoms with Gasteiger partial charge >= 0.3 is 6.09 Å². The van der Waals surface area contributed by atoms with Gasteiger partial charge in [-0.2, -0.15) is 0 Å². The highest BCUT2D eigenvalue weighted by Gasteiger charge is 2.44. The van der Waals surface area contributed by atoms with Crippen LogP contribution >= 0.6 is 0 Å². The van der Waals surface area contributed by atoms with Crippen LogP contribution in [0.2, 0.25) is 0 Å². The van der Waals surface area contributed by atoms with Crippen LogP contribution in [0.4, 0.5) is 10.5 Å². The van der Waals surface area contributed by atoms with E-state index in [1.54, 1.807) is 26.8 Å². The van der Waals surface area contributed by atoms with Gasteiger partial charge in [-0.25, -0.2) is 4.79 Å². The predicted molar refractivity (Wildman–Crippen MR) is 145 cm³/mol. The third-order valence-corrected chi connectivity index (χ3v) is 6.37. The van der Waals surface area contributed by atoms with Gasteiger partial charge in [-0.3, -0.25) is 14.4 Å². The first-order valence-corrected chi connectivity index (χ1v) is 12.8. The SMILES string of the molecule is Cc1ccc(C(C(=O)Nc2ccccc2C)N(C(=O)C(CC(N)=O)NC(=O)OC(C)(C)C)C2CC2)cc1C. The van der Waals surface area contributed by atoms with Crippen LogP contribution in [0, 0.1) is 20.8 Å². The molecule has 2 aromatic carbocycles. The molecule has 2 unspecified atom stereocenters. The zero-order valence-corrected chi connectivity index (χ0v) is 23.0. The van der Waals surface area contributed by atoms with Crippen LogP contribution < -0.4 is 16.4 Å². The molecule has 0 aliphatic heterocycles. The molecule has 1 saturated carbocycles. The Morgan fingerprint density at radius 3 is 2.21 bits per heavy atom. The first kappa shape index (κ1) is 28.7. The quantitative estimate of drug-likeness (QED) is 0.457. The lowest BCUT2D eigenvalue weighted by Crippen LogP contribution is -2.54. The first-order chi connectivity index (χ1) is 17.8. The van der Waals surface area contributed by atoms with Crippen LogP contribution in [-0.4, -0.2) is 46.4 Å². The van der Waals surface area contributed by atoms with Crippen LogP contribution in [0.25, 0.3) is 0 Å². The highest BCUT2D eigenvalue weighted by atomic mass is 16.6. The van der Waals surface area contributed by atoms with E-state index in [-0.39, 0.29) is 6.04 Å². The molecule has 0 radical (unpaired) electrons. The summed E-state index contributed by atoms with van der Waals surface area (Å²) in [6, 6.07) is 10.5. The zero-order chi connectivity index (χ0) is 28.2. The summed E-state index contributed by atoms with van der Waals surface area (Å²) in [6.45, 7) is 10.9. The molecule has 9 nitrogen and oxygen atoms in total. The first-order valence-electron chi connectivity index (χ1n) is 12.8. The van der Waals surface area contributed by atoms with Crippen molar-refractivity contribution in [3.63, 3.8) is 0 Å². The Kier molecular flexibility index (Phi) is 8.81. The summed E-state index contributed by atoms with van der Waals surface area (Å²) in [6.07, 6.45) is 0.112. The van der Waals surface area contributed by atoms with Crippen LogP contribution in [0.15, 0.2) is 42.5 Å². The van der Waals surface area contributed by atoms with E-state index in [1.807, 2.05) is 57.2 Å². The second-order valence-electron chi connectivity index (χ2n) is 10.9. The number of anilines is 1. The molecule has 4 amide bonds. The van der Waals surface area contributed by atoms with E-state index in [0.717, 1.165) is 16.7 Å². The van der Waals surface area contributed by atoms with Crippen LogP contribution in [0.5, 0.6) is 0 Å². The number of benzene rings is 2. The van der Waals surface area contributed by atoms with Gasteiger partial charge in [-0.05, 0) is 82.7 Å². The molecule has 2 atom stereocenters. The number of alkyl carbamates (subject to hydrolysis) is 1. The predicted octanol–water partition coefficient (Wildman–Crippen LogP) is 4.05. The van der Waals surface area contributed by atoms with Crippen molar-refractivity contribution in [2.45, 2.75) is 84.5 Å². The Balaban J connectivity index is 2.03. The van der Waals surface area contributed by atoms with E-state index in [4.69, 9.17) is 10.5 Å². The van der Waals surface area contributed by atoms with E-state index >= 15 is 0 Å². The van der Waals surface area contributed by atoms with Crippen molar-refractivity contribution < 1.29 is 23.9 Å². The fourth-order valence-corrected chi connectivity index (χ4v) is 4.19. The van der Waals surface area contributed by atoms with Crippen molar-refractivity contribution >= 4 is 29.5 Å². The lowest BCUT2D eigenvalue weighted by atomic mass is 9.97. The van der Waals surface area contributed by atoms with Crippen LogP contribution in [0.1, 0.15) is 68.3 Å². The second kappa shape index (κ2) is 11.7. The van der Waals surface area contributed by atoms with Gasteiger partial charge in [0.15, 0.2) is 0 Å². The molecule has 1 aliphatic rings. The minimum absolute atomic E-state index is 0.229. The van der Waals surface area contributed by atoms with E-state index in [2.05, 4.69) is 10.6 Å². The van der Waals surface area contributed by atoms with Crippen molar-refractivity contribution in [1.82, 2.24) is 10.2 Å². The van der Waals surface area contributed by atoms with Crippen LogP contribution in [-0.2, 0) is 19.1 Å². The van der Waals surface area contributed by atoms with E-state index in [0.29, 0.717) is 24.1 Å². The van der Waals surface area contributed by atoms with E-state index in [9.17, 15) is 19.2 Å². The Bertz CT molecular complexity index is 1220. The number of hydrogen-bond donors (Lipinski definition) is 3. The maximum absolute atomic E-state index is 14.0. The Hall–Kier alpha value is -3.88. The molecule has 0 saturated heterocycles. The third-order valence-electron chi connectivity index (χ3n) is 6.37. The number of hydrogen-bond acceptors (Lipinski definition) is 5. The lowest BCUT2D eigenvalue weighted by molar-refractivity contribution is -0.142. The Morgan fingerprint density at radius 1 is 1.00 bits per heavy atom. The molecule has 0 heterocycles. The molecular weight excluding hydrogens is 484 g/mol. The number of nitrogens with two attached hydrogens (primary N) is 1. The van der Waals surface area contributed by atoms with Crippen LogP contribution in [0.3, 0.4) is 0 Å². The number of nitrogens with zero attached hydrogens (tertiary/aromatic N) is 1. The smallest absolute Gasteiger partial charge is 0.408 e. The maximum Gasteiger partial charge on any atom is 0.408 e. The molecule has 204 valence electrons. The minimum atomic E-state index is -1.29. The number of carbonyl (C=O) groups excluding carboxylic acids is 4. The highest BCUT2D eigenvalue weighted by Crippen LogP contribution is 2.37. The fraction of sp³-hybridized carbons (Fsp3) is 0.448. The standard InChI is InChI=1S/C29H38N4O5/c1-17-11-12-20(15-19(17)3)25(26(35)31-22-10-8-7-9-18(22)2)33(21-13-14-21)27(36)23(16-24(30)34)32-28(37)38-29(4,5)6/h7-12,15,21,23,25H,13-14,16H2,1-6H3,(H2,30,34)(H,31,35)(H,32,37). The van der Waals surface area contributed by atoms with Gasteiger partial charge in [-0.15, -0.1) is 0 Å². The average Bonchev–Trinajstić information content (AvgIpc) is 3.63. The van der Waals surface area contributed by atoms with E-state index in [1.165, 1.54) is 4.90 Å². The topological polar surface area (TPSA) is 131 Å². The monoisotopic (exact) mass is 522 g/mol. The van der Waals surface area contributed by atoms with Gasteiger partial charge in [0.05, 0.1) is 6.42 Å². The lowest BCUT2D eigenvalue weighted by Gasteiger charge is -2.34. The molecule has 2 aromatic rings. The minimum Gasteiger partial charge on any atom is -0.444 e. The summed E-state index contributed by atoms with van der Waals surface area (Å²) in [5, 5.41) is 5.48. The Labute approximate surface area is 224 Å². The third kappa shape index (κ3) is 7.57. The van der Waals surface area contributed by atoms with Gasteiger partial charge in [0.1, 0.15) is 17.7 Å². The maximum atomic E-state index is 14.0. The molecule has 9 heteroatoms. The molecule has 0 bridgehead atoms. The summed E-state index contributed by atoms with van der Waals surface area (Å²) in [5.41, 5.74) is 8.81. The molecular formula is C29H38N4O5. The number of aryl methyl sites for hydroxylation is 3. The summed E-state index contributed by atoms with van der Waals surface area (Å²) in [7, 11) is 0. The molecule has 1 aliphatic carbocycles. The molecule has 0 aromatic heterocycles. The van der Waals surface area contributed by atoms with Crippen molar-refractivity contribution in [1.29, 1.82) is 0 Å². The van der Waals surface area contributed by atoms with Gasteiger partial charge < -0.3 is 26.0 Å². The number of ether oxygens (including phenoxy) is 1. The summed E-state index contributed by atoms with van der Waals surface area (Å²) in [4.78, 5) is 53.9. The molecule has 0 spiro atoms. The molecule has 1 fully saturated rings. The number of primary amides is 1. The second-order valence-corrected chi connectivity index (χ2v) is 10.9. The summed E-state index contributed by atoms with van der Waals surface area (Å²) < 4.78 is 5.32. The summed E-state index contributed by atoms with van der Waals surface area (Å²) >= 11 is 0. The van der Waals surface area contributed by atoms with Crippen molar-refractivity contribution in [2.24, 2.45) is 5.73 Å². The van der Waals surface area contributed by atoms with Crippen molar-refractivity contribution in [3.8, 4) is 0 Å². The zero-order valence-electron chi connectivity index (χ0n) is 23.0. The van der Waals surface area contributed by atoms with Gasteiger partial charge in [-0.1, -0.05) is 36.4 Å². The largest absolute Gasteiger partial charge is 0.444 e. The average molecular weight is 523 g/mol. The highest BCUT2D eigenvalue weighted by molar-refractivity contribution is 6.00. The van der Waals surface area contributed by atoms with Crippen molar-refractivity contribution in [2.75, 3.05) is 5.32 Å². The van der Waals surface area contributed by atoms with E-state index < -0.39 is 47.9 Å². The fourth-order valence-electron chi connectivity index (χ4n) is 4.19. The van der Waals surface area contributed by atoms with Gasteiger partial charge in [0.2, 0.25) is 11.8 Å². The molecule has 4 N–H and O–H groups in total. The van der Waals surface area contributed by atoms with Gasteiger partial charge in [0, 0.05) is 11.7 Å².